The number of ether oxygens (including phenoxy) is 1. The van der Waals surface area contributed by atoms with Crippen LogP contribution in [0.4, 0.5) is 4.79 Å². The van der Waals surface area contributed by atoms with Crippen molar-refractivity contribution in [1.82, 2.24) is 10.6 Å². The lowest BCUT2D eigenvalue weighted by Gasteiger charge is -2.22. The number of benzene rings is 1. The maximum absolute atomic E-state index is 12.4. The molecular formula is C18H25N5O4. The third-order valence-electron chi connectivity index (χ3n) is 3.66. The van der Waals surface area contributed by atoms with Crippen molar-refractivity contribution in [3.8, 4) is 0 Å². The molecule has 0 fully saturated rings. The van der Waals surface area contributed by atoms with Crippen molar-refractivity contribution in [3.05, 3.63) is 46.3 Å². The summed E-state index contributed by atoms with van der Waals surface area (Å²) in [4.78, 5) is 38.8. The zero-order chi connectivity index (χ0) is 20.2. The number of alkyl carbamates (subject to hydrolysis) is 1. The summed E-state index contributed by atoms with van der Waals surface area (Å²) in [6, 6.07) is 7.49. The van der Waals surface area contributed by atoms with Crippen molar-refractivity contribution in [3.63, 3.8) is 0 Å². The third-order valence-corrected chi connectivity index (χ3v) is 3.66. The first-order chi connectivity index (χ1) is 12.8. The zero-order valence-electron chi connectivity index (χ0n) is 15.7. The van der Waals surface area contributed by atoms with Gasteiger partial charge in [-0.05, 0) is 30.4 Å². The van der Waals surface area contributed by atoms with E-state index in [1.54, 1.807) is 0 Å². The van der Waals surface area contributed by atoms with E-state index in [1.165, 1.54) is 6.92 Å². The molecule has 1 aromatic carbocycles. The molecule has 2 amide bonds. The van der Waals surface area contributed by atoms with Crippen LogP contribution in [-0.4, -0.2) is 36.4 Å². The average molecular weight is 375 g/mol. The third kappa shape index (κ3) is 8.73. The Morgan fingerprint density at radius 3 is 2.41 bits per heavy atom. The number of amides is 2. The number of hydrogen-bond acceptors (Lipinski definition) is 5. The minimum Gasteiger partial charge on any atom is -0.445 e. The van der Waals surface area contributed by atoms with Crippen LogP contribution in [-0.2, 0) is 20.9 Å². The number of nitrogens with zero attached hydrogens (tertiary/aromatic N) is 3. The highest BCUT2D eigenvalue weighted by Gasteiger charge is 2.25. The molecule has 2 N–H and O–H groups in total. The predicted octanol–water partition coefficient (Wildman–Crippen LogP) is 2.71. The van der Waals surface area contributed by atoms with Gasteiger partial charge in [0, 0.05) is 4.91 Å². The average Bonchev–Trinajstić information content (AvgIpc) is 2.64. The molecule has 0 aliphatic carbocycles. The van der Waals surface area contributed by atoms with Gasteiger partial charge in [0.05, 0.1) is 12.6 Å². The number of carbonyl (C=O) groups is 3. The van der Waals surface area contributed by atoms with Gasteiger partial charge >= 0.3 is 6.09 Å². The molecule has 0 aromatic heterocycles. The second-order valence-corrected chi connectivity index (χ2v) is 6.47. The molecule has 0 bridgehead atoms. The number of Topliss-reactive ketones (excluding diaryl/α,β-unsaturated/α-hetero) is 1. The van der Waals surface area contributed by atoms with E-state index in [2.05, 4.69) is 20.7 Å². The molecule has 9 heteroatoms. The summed E-state index contributed by atoms with van der Waals surface area (Å²) in [6.07, 6.45) is -0.337. The van der Waals surface area contributed by atoms with Crippen molar-refractivity contribution in [1.29, 1.82) is 0 Å². The molecule has 0 heterocycles. The molecule has 146 valence electrons. The molecule has 2 atom stereocenters. The maximum atomic E-state index is 12.4. The SMILES string of the molecule is CC(C)CC(NC(=O)OCc1ccccc1)C(=O)NC(C)C(=O)CN=[N+]=[N-]. The Morgan fingerprint density at radius 1 is 1.15 bits per heavy atom. The monoisotopic (exact) mass is 375 g/mol. The van der Waals surface area contributed by atoms with Crippen molar-refractivity contribution < 1.29 is 19.1 Å². The van der Waals surface area contributed by atoms with Crippen LogP contribution in [0.25, 0.3) is 10.4 Å². The van der Waals surface area contributed by atoms with Crippen molar-refractivity contribution in [2.24, 2.45) is 11.0 Å². The van der Waals surface area contributed by atoms with Crippen LogP contribution >= 0.6 is 0 Å². The molecule has 0 aliphatic rings. The Balaban J connectivity index is 2.62. The molecule has 0 saturated heterocycles. The molecule has 0 saturated carbocycles. The second-order valence-electron chi connectivity index (χ2n) is 6.47. The highest BCUT2D eigenvalue weighted by Crippen LogP contribution is 2.07. The Labute approximate surface area is 158 Å². The van der Waals surface area contributed by atoms with Gasteiger partial charge in [-0.1, -0.05) is 49.3 Å². The molecule has 2 unspecified atom stereocenters. The molecule has 27 heavy (non-hydrogen) atoms. The standard InChI is InChI=1S/C18H25N5O4/c1-12(2)9-15(17(25)21-13(3)16(24)10-20-23-19)22-18(26)27-11-14-7-5-4-6-8-14/h4-8,12-13,15H,9-11H2,1-3H3,(H,21,25)(H,22,26). The summed E-state index contributed by atoms with van der Waals surface area (Å²) in [5.41, 5.74) is 9.08. The van der Waals surface area contributed by atoms with Gasteiger partial charge in [-0.2, -0.15) is 0 Å². The van der Waals surface area contributed by atoms with Crippen LogP contribution in [0.2, 0.25) is 0 Å². The van der Waals surface area contributed by atoms with E-state index in [0.29, 0.717) is 6.42 Å². The number of carbonyl (C=O) groups excluding carboxylic acids is 3. The second kappa shape index (κ2) is 11.5. The molecule has 0 spiro atoms. The van der Waals surface area contributed by atoms with Gasteiger partial charge in [0.2, 0.25) is 5.91 Å². The Morgan fingerprint density at radius 2 is 1.81 bits per heavy atom. The highest BCUT2D eigenvalue weighted by molar-refractivity contribution is 5.92. The van der Waals surface area contributed by atoms with Crippen LogP contribution in [0.1, 0.15) is 32.8 Å². The van der Waals surface area contributed by atoms with Gasteiger partial charge in [0.15, 0.2) is 5.78 Å². The van der Waals surface area contributed by atoms with Crippen molar-refractivity contribution in [2.45, 2.75) is 45.9 Å². The highest BCUT2D eigenvalue weighted by atomic mass is 16.5. The zero-order valence-corrected chi connectivity index (χ0v) is 15.7. The summed E-state index contributed by atoms with van der Waals surface area (Å²) < 4.78 is 5.14. The minimum atomic E-state index is -0.844. The topological polar surface area (TPSA) is 133 Å². The van der Waals surface area contributed by atoms with Crippen molar-refractivity contribution in [2.75, 3.05) is 6.54 Å². The number of nitrogens with one attached hydrogen (secondary N) is 2. The summed E-state index contributed by atoms with van der Waals surface area (Å²) in [5.74, 6) is -0.789. The molecule has 1 aromatic rings. The first-order valence-electron chi connectivity index (χ1n) is 8.64. The molecule has 9 nitrogen and oxygen atoms in total. The fourth-order valence-corrected chi connectivity index (χ4v) is 2.24. The lowest BCUT2D eigenvalue weighted by atomic mass is 10.0. The number of hydrogen-bond donors (Lipinski definition) is 2. The largest absolute Gasteiger partial charge is 0.445 e. The minimum absolute atomic E-state index is 0.0870. The van der Waals surface area contributed by atoms with Crippen molar-refractivity contribution >= 4 is 17.8 Å². The van der Waals surface area contributed by atoms with E-state index >= 15 is 0 Å². The Kier molecular flexibility index (Phi) is 9.39. The maximum Gasteiger partial charge on any atom is 0.408 e. The fourth-order valence-electron chi connectivity index (χ4n) is 2.24. The van der Waals surface area contributed by atoms with Gasteiger partial charge < -0.3 is 15.4 Å². The van der Waals surface area contributed by atoms with E-state index in [1.807, 2.05) is 44.2 Å². The predicted molar refractivity (Wildman–Crippen MR) is 99.6 cm³/mol. The smallest absolute Gasteiger partial charge is 0.408 e. The lowest BCUT2D eigenvalue weighted by molar-refractivity contribution is -0.128. The van der Waals surface area contributed by atoms with Crippen LogP contribution < -0.4 is 10.6 Å². The van der Waals surface area contributed by atoms with Gasteiger partial charge in [-0.3, -0.25) is 9.59 Å². The van der Waals surface area contributed by atoms with Gasteiger partial charge in [0.1, 0.15) is 12.6 Å². The van der Waals surface area contributed by atoms with Gasteiger partial charge in [-0.15, -0.1) is 0 Å². The van der Waals surface area contributed by atoms with Crippen LogP contribution in [0, 0.1) is 5.92 Å². The molecular weight excluding hydrogens is 350 g/mol. The fraction of sp³-hybridized carbons (Fsp3) is 0.500. The van der Waals surface area contributed by atoms with Gasteiger partial charge in [0.25, 0.3) is 0 Å². The van der Waals surface area contributed by atoms with Gasteiger partial charge in [-0.25, -0.2) is 4.79 Å². The van der Waals surface area contributed by atoms with Crippen LogP contribution in [0.5, 0.6) is 0 Å². The summed E-state index contributed by atoms with van der Waals surface area (Å²) in [5, 5.41) is 8.26. The van der Waals surface area contributed by atoms with E-state index in [9.17, 15) is 14.4 Å². The number of ketones is 1. The molecule has 0 aliphatic heterocycles. The quantitative estimate of drug-likeness (QED) is 0.369. The summed E-state index contributed by atoms with van der Waals surface area (Å²) in [7, 11) is 0. The Hall–Kier alpha value is -3.06. The molecule has 0 radical (unpaired) electrons. The van der Waals surface area contributed by atoms with E-state index in [4.69, 9.17) is 10.3 Å². The van der Waals surface area contributed by atoms with E-state index in [0.717, 1.165) is 5.56 Å². The summed E-state index contributed by atoms with van der Waals surface area (Å²) in [6.45, 7) is 5.05. The summed E-state index contributed by atoms with van der Waals surface area (Å²) >= 11 is 0. The number of rotatable bonds is 10. The lowest BCUT2D eigenvalue weighted by Crippen LogP contribution is -2.51. The van der Waals surface area contributed by atoms with Crippen LogP contribution in [0.3, 0.4) is 0 Å². The first kappa shape index (κ1) is 22.0. The Bertz CT molecular complexity index is 686. The van der Waals surface area contributed by atoms with Crippen LogP contribution in [0.15, 0.2) is 35.4 Å². The van der Waals surface area contributed by atoms with E-state index in [-0.39, 0.29) is 19.1 Å². The molecule has 1 rings (SSSR count). The normalized spacial score (nSPS) is 12.4. The first-order valence-corrected chi connectivity index (χ1v) is 8.64. The number of azide groups is 1. The van der Waals surface area contributed by atoms with E-state index < -0.39 is 29.9 Å².